The maximum absolute atomic E-state index is 10.2. The second-order valence-corrected chi connectivity index (χ2v) is 6.35. The van der Waals surface area contributed by atoms with E-state index in [0.717, 1.165) is 12.8 Å². The zero-order chi connectivity index (χ0) is 12.1. The second kappa shape index (κ2) is 3.69. The normalized spacial score (nSPS) is 48.4. The van der Waals surface area contributed by atoms with Gasteiger partial charge in [-0.3, -0.25) is 0 Å². The molecule has 0 radical (unpaired) electrons. The average Bonchev–Trinajstić information content (AvgIpc) is 2.88. The lowest BCUT2D eigenvalue weighted by molar-refractivity contribution is -0.237. The van der Waals surface area contributed by atoms with E-state index in [1.807, 2.05) is 0 Å². The lowest BCUT2D eigenvalue weighted by atomic mass is 9.76. The molecule has 0 aromatic rings. The van der Waals surface area contributed by atoms with Gasteiger partial charge in [0.1, 0.15) is 5.60 Å². The van der Waals surface area contributed by atoms with Gasteiger partial charge in [0.2, 0.25) is 0 Å². The van der Waals surface area contributed by atoms with E-state index in [1.54, 1.807) is 0 Å². The molecule has 0 saturated carbocycles. The fourth-order valence-corrected chi connectivity index (χ4v) is 2.89. The van der Waals surface area contributed by atoms with Crippen LogP contribution >= 0.6 is 0 Å². The molecule has 0 aromatic heterocycles. The van der Waals surface area contributed by atoms with Crippen LogP contribution in [0.4, 0.5) is 0 Å². The molecule has 2 heterocycles. The Morgan fingerprint density at radius 1 is 1.38 bits per heavy atom. The lowest BCUT2D eigenvalue weighted by Gasteiger charge is -2.42. The minimum absolute atomic E-state index is 0.0768. The first kappa shape index (κ1) is 12.3. The molecule has 16 heavy (non-hydrogen) atoms. The Kier molecular flexibility index (Phi) is 2.84. The van der Waals surface area contributed by atoms with Crippen molar-refractivity contribution in [3.8, 4) is 0 Å². The summed E-state index contributed by atoms with van der Waals surface area (Å²) in [4.78, 5) is 0. The van der Waals surface area contributed by atoms with Crippen molar-refractivity contribution < 1.29 is 14.6 Å². The predicted molar refractivity (Wildman–Crippen MR) is 62.0 cm³/mol. The predicted octanol–water partition coefficient (Wildman–Crippen LogP) is 2.32. The first-order valence-corrected chi connectivity index (χ1v) is 6.33. The molecule has 2 rings (SSSR count). The summed E-state index contributed by atoms with van der Waals surface area (Å²) in [6, 6.07) is 0. The van der Waals surface area contributed by atoms with Crippen molar-refractivity contribution in [2.75, 3.05) is 0 Å². The number of aliphatic hydroxyl groups excluding tert-OH is 1. The van der Waals surface area contributed by atoms with Crippen LogP contribution in [-0.2, 0) is 9.47 Å². The van der Waals surface area contributed by atoms with E-state index in [9.17, 15) is 5.11 Å². The zero-order valence-electron chi connectivity index (χ0n) is 11.0. The van der Waals surface area contributed by atoms with Gasteiger partial charge in [0, 0.05) is 0 Å². The number of epoxide rings is 1. The molecule has 3 heteroatoms. The van der Waals surface area contributed by atoms with Gasteiger partial charge in [0.15, 0.2) is 6.29 Å². The number of hydrogen-bond acceptors (Lipinski definition) is 3. The third kappa shape index (κ3) is 1.69. The highest BCUT2D eigenvalue weighted by Crippen LogP contribution is 2.53. The molecule has 0 aromatic carbocycles. The van der Waals surface area contributed by atoms with Crippen molar-refractivity contribution in [1.29, 1.82) is 0 Å². The van der Waals surface area contributed by atoms with Crippen molar-refractivity contribution in [2.45, 2.75) is 71.6 Å². The van der Waals surface area contributed by atoms with Crippen molar-refractivity contribution in [3.63, 3.8) is 0 Å². The van der Waals surface area contributed by atoms with Crippen molar-refractivity contribution in [3.05, 3.63) is 0 Å². The molecule has 5 atom stereocenters. The molecule has 0 bridgehead atoms. The zero-order valence-corrected chi connectivity index (χ0v) is 11.0. The molecule has 94 valence electrons. The molecule has 2 aliphatic rings. The van der Waals surface area contributed by atoms with Crippen LogP contribution in [0.25, 0.3) is 0 Å². The summed E-state index contributed by atoms with van der Waals surface area (Å²) in [7, 11) is 0. The molecule has 0 aliphatic carbocycles. The third-order valence-electron chi connectivity index (χ3n) is 4.15. The topological polar surface area (TPSA) is 42.0 Å². The Balaban J connectivity index is 2.10. The van der Waals surface area contributed by atoms with Crippen molar-refractivity contribution in [2.24, 2.45) is 11.3 Å². The van der Waals surface area contributed by atoms with Crippen molar-refractivity contribution >= 4 is 0 Å². The fourth-order valence-electron chi connectivity index (χ4n) is 2.89. The van der Waals surface area contributed by atoms with Crippen LogP contribution < -0.4 is 0 Å². The van der Waals surface area contributed by atoms with Crippen LogP contribution in [0, 0.1) is 11.3 Å². The average molecular weight is 228 g/mol. The van der Waals surface area contributed by atoms with Gasteiger partial charge in [0.25, 0.3) is 0 Å². The van der Waals surface area contributed by atoms with Gasteiger partial charge < -0.3 is 14.6 Å². The maximum atomic E-state index is 10.2. The smallest absolute Gasteiger partial charge is 0.187 e. The number of ether oxygens (including phenoxy) is 2. The van der Waals surface area contributed by atoms with Crippen LogP contribution in [0.5, 0.6) is 0 Å². The maximum Gasteiger partial charge on any atom is 0.187 e. The van der Waals surface area contributed by atoms with E-state index >= 15 is 0 Å². The van der Waals surface area contributed by atoms with Gasteiger partial charge in [-0.05, 0) is 24.2 Å². The Labute approximate surface area is 98.1 Å². The third-order valence-corrected chi connectivity index (χ3v) is 4.15. The first-order chi connectivity index (χ1) is 7.32. The van der Waals surface area contributed by atoms with Crippen LogP contribution in [0.1, 0.15) is 47.5 Å². The highest BCUT2D eigenvalue weighted by molar-refractivity contribution is 5.10. The van der Waals surface area contributed by atoms with Gasteiger partial charge in [-0.25, -0.2) is 0 Å². The molecule has 0 amide bonds. The van der Waals surface area contributed by atoms with E-state index < -0.39 is 11.9 Å². The fraction of sp³-hybridized carbons (Fsp3) is 1.00. The van der Waals surface area contributed by atoms with Gasteiger partial charge in [-0.15, -0.1) is 0 Å². The summed E-state index contributed by atoms with van der Waals surface area (Å²) >= 11 is 0. The van der Waals surface area contributed by atoms with Crippen LogP contribution in [0.15, 0.2) is 0 Å². The molecule has 1 N–H and O–H groups in total. The summed E-state index contributed by atoms with van der Waals surface area (Å²) in [5, 5.41) is 10.2. The minimum atomic E-state index is -0.759. The van der Waals surface area contributed by atoms with Crippen molar-refractivity contribution in [1.82, 2.24) is 0 Å². The molecule has 2 unspecified atom stereocenters. The molecular formula is C13H24O3. The Hall–Kier alpha value is -0.120. The summed E-state index contributed by atoms with van der Waals surface area (Å²) in [6.07, 6.45) is 1.45. The molecule has 2 fully saturated rings. The molecule has 1 spiro atoms. The van der Waals surface area contributed by atoms with E-state index in [0.29, 0.717) is 5.92 Å². The minimum Gasteiger partial charge on any atom is -0.366 e. The van der Waals surface area contributed by atoms with E-state index in [4.69, 9.17) is 9.47 Å². The van der Waals surface area contributed by atoms with Gasteiger partial charge in [-0.1, -0.05) is 34.6 Å². The Morgan fingerprint density at radius 3 is 2.38 bits per heavy atom. The Bertz CT molecular complexity index is 257. The van der Waals surface area contributed by atoms with Crippen LogP contribution in [-0.4, -0.2) is 29.2 Å². The quantitative estimate of drug-likeness (QED) is 0.700. The summed E-state index contributed by atoms with van der Waals surface area (Å²) in [5.41, 5.74) is -0.329. The number of rotatable bonds is 1. The highest BCUT2D eigenvalue weighted by atomic mass is 16.7. The number of aliphatic hydroxyl groups is 1. The van der Waals surface area contributed by atoms with Gasteiger partial charge in [-0.2, -0.15) is 0 Å². The number of hydrogen-bond donors (Lipinski definition) is 1. The molecule has 2 saturated heterocycles. The van der Waals surface area contributed by atoms with Crippen LogP contribution in [0.3, 0.4) is 0 Å². The summed E-state index contributed by atoms with van der Waals surface area (Å²) in [6.45, 7) is 10.7. The first-order valence-electron chi connectivity index (χ1n) is 6.33. The molecule has 2 aliphatic heterocycles. The van der Waals surface area contributed by atoms with E-state index in [2.05, 4.69) is 34.6 Å². The van der Waals surface area contributed by atoms with Gasteiger partial charge >= 0.3 is 0 Å². The Morgan fingerprint density at radius 2 is 2.00 bits per heavy atom. The molecule has 3 nitrogen and oxygen atoms in total. The standard InChI is InChI=1S/C13H24O3/c1-6-9-13(16-9)8(2)7-10(12(3,4)5)15-11(13)14/h8-11,14H,6-7H2,1-5H3/t8-,9-,10-,11?,13?/m1/s1. The van der Waals surface area contributed by atoms with E-state index in [1.165, 1.54) is 0 Å². The van der Waals surface area contributed by atoms with E-state index in [-0.39, 0.29) is 17.6 Å². The largest absolute Gasteiger partial charge is 0.366 e. The summed E-state index contributed by atoms with van der Waals surface area (Å²) in [5.74, 6) is 0.366. The molecular weight excluding hydrogens is 204 g/mol. The summed E-state index contributed by atoms with van der Waals surface area (Å²) < 4.78 is 11.5. The highest BCUT2D eigenvalue weighted by Gasteiger charge is 2.67. The SMILES string of the molecule is CC[C@H]1OC12C(O)O[C@@H](C(C)(C)C)C[C@H]2C. The van der Waals surface area contributed by atoms with Crippen LogP contribution in [0.2, 0.25) is 0 Å². The lowest BCUT2D eigenvalue weighted by Crippen LogP contribution is -2.51. The second-order valence-electron chi connectivity index (χ2n) is 6.35. The monoisotopic (exact) mass is 228 g/mol. The van der Waals surface area contributed by atoms with Gasteiger partial charge in [0.05, 0.1) is 12.2 Å².